The van der Waals surface area contributed by atoms with E-state index in [0.717, 1.165) is 29.5 Å². The lowest BCUT2D eigenvalue weighted by atomic mass is 10.2. The number of benzene rings is 1. The first kappa shape index (κ1) is 21.7. The van der Waals surface area contributed by atoms with Crippen LogP contribution in [-0.2, 0) is 19.1 Å². The second-order valence-electron chi connectivity index (χ2n) is 6.63. The van der Waals surface area contributed by atoms with E-state index >= 15 is 0 Å². The number of rotatable bonds is 7. The molecule has 3 amide bonds. The molecule has 0 atom stereocenters. The maximum atomic E-state index is 12.6. The Balaban J connectivity index is 1.71. The summed E-state index contributed by atoms with van der Waals surface area (Å²) in [5, 5.41) is -0.469. The van der Waals surface area contributed by atoms with Crippen molar-refractivity contribution in [3.63, 3.8) is 0 Å². The van der Waals surface area contributed by atoms with Crippen molar-refractivity contribution < 1.29 is 33.4 Å². The number of carbonyl (C=O) groups excluding carboxylic acids is 4. The van der Waals surface area contributed by atoms with Crippen LogP contribution in [0.4, 0.5) is 4.79 Å². The van der Waals surface area contributed by atoms with Crippen molar-refractivity contribution >= 4 is 40.9 Å². The number of methoxy groups -OCH3 is 2. The lowest BCUT2D eigenvalue weighted by Crippen LogP contribution is -2.40. The maximum Gasteiger partial charge on any atom is 0.343 e. The summed E-state index contributed by atoms with van der Waals surface area (Å²) in [6, 6.07) is 4.88. The topological polar surface area (TPSA) is 102 Å². The van der Waals surface area contributed by atoms with Crippen LogP contribution in [0, 0.1) is 0 Å². The Bertz CT molecular complexity index is 893. The fourth-order valence-corrected chi connectivity index (χ4v) is 3.92. The predicted octanol–water partition coefficient (Wildman–Crippen LogP) is 1.91. The van der Waals surface area contributed by atoms with Gasteiger partial charge in [-0.2, -0.15) is 0 Å². The summed E-state index contributed by atoms with van der Waals surface area (Å²) in [6.07, 6.45) is 3.43. The Morgan fingerprint density at radius 2 is 1.87 bits per heavy atom. The number of imide groups is 1. The second-order valence-corrected chi connectivity index (χ2v) is 7.62. The fourth-order valence-electron chi connectivity index (χ4n) is 3.08. The largest absolute Gasteiger partial charge is 0.493 e. The van der Waals surface area contributed by atoms with Gasteiger partial charge in [0, 0.05) is 13.1 Å². The Labute approximate surface area is 177 Å². The third-order valence-corrected chi connectivity index (χ3v) is 5.59. The normalized spacial score (nSPS) is 17.6. The van der Waals surface area contributed by atoms with E-state index < -0.39 is 17.1 Å². The van der Waals surface area contributed by atoms with Gasteiger partial charge >= 0.3 is 5.97 Å². The van der Waals surface area contributed by atoms with Crippen LogP contribution in [0.5, 0.6) is 11.5 Å². The van der Waals surface area contributed by atoms with Crippen molar-refractivity contribution in [2.24, 2.45) is 0 Å². The van der Waals surface area contributed by atoms with Crippen molar-refractivity contribution in [2.75, 3.05) is 40.5 Å². The summed E-state index contributed by atoms with van der Waals surface area (Å²) in [4.78, 5) is 51.3. The molecule has 2 aliphatic heterocycles. The zero-order valence-corrected chi connectivity index (χ0v) is 17.5. The van der Waals surface area contributed by atoms with Crippen LogP contribution in [0.2, 0.25) is 0 Å². The van der Waals surface area contributed by atoms with Gasteiger partial charge in [0.1, 0.15) is 6.54 Å². The van der Waals surface area contributed by atoms with E-state index in [4.69, 9.17) is 9.47 Å². The van der Waals surface area contributed by atoms with Gasteiger partial charge in [-0.3, -0.25) is 19.3 Å². The predicted molar refractivity (Wildman–Crippen MR) is 109 cm³/mol. The van der Waals surface area contributed by atoms with Gasteiger partial charge in [0.15, 0.2) is 18.1 Å². The van der Waals surface area contributed by atoms with Gasteiger partial charge in [0.2, 0.25) is 5.91 Å². The third-order valence-electron chi connectivity index (χ3n) is 4.68. The van der Waals surface area contributed by atoms with Crippen LogP contribution < -0.4 is 9.47 Å². The van der Waals surface area contributed by atoms with Gasteiger partial charge in [0.25, 0.3) is 11.1 Å². The zero-order valence-electron chi connectivity index (χ0n) is 16.7. The van der Waals surface area contributed by atoms with Crippen molar-refractivity contribution in [3.8, 4) is 11.5 Å². The third kappa shape index (κ3) is 4.93. The van der Waals surface area contributed by atoms with Crippen molar-refractivity contribution in [1.82, 2.24) is 9.80 Å². The average molecular weight is 434 g/mol. The van der Waals surface area contributed by atoms with E-state index in [-0.39, 0.29) is 24.0 Å². The highest BCUT2D eigenvalue weighted by Gasteiger charge is 2.37. The molecule has 0 bridgehead atoms. The highest BCUT2D eigenvalue weighted by Crippen LogP contribution is 2.34. The Morgan fingerprint density at radius 1 is 1.13 bits per heavy atom. The van der Waals surface area contributed by atoms with E-state index in [1.807, 2.05) is 0 Å². The van der Waals surface area contributed by atoms with E-state index in [2.05, 4.69) is 4.74 Å². The quantitative estimate of drug-likeness (QED) is 0.474. The van der Waals surface area contributed by atoms with Crippen molar-refractivity contribution in [1.29, 1.82) is 0 Å². The Hall–Kier alpha value is -3.01. The zero-order chi connectivity index (χ0) is 21.7. The monoisotopic (exact) mass is 434 g/mol. The number of likely N-dealkylation sites (tertiary alicyclic amines) is 1. The first-order valence-corrected chi connectivity index (χ1v) is 10.2. The molecule has 2 fully saturated rings. The number of thioether (sulfide) groups is 1. The summed E-state index contributed by atoms with van der Waals surface area (Å²) in [6.45, 7) is 0.811. The molecule has 3 rings (SSSR count). The molecule has 2 saturated heterocycles. The number of hydrogen-bond donors (Lipinski definition) is 0. The molecule has 1 aromatic carbocycles. The fraction of sp³-hybridized carbons (Fsp3) is 0.400. The molecular weight excluding hydrogens is 412 g/mol. The van der Waals surface area contributed by atoms with E-state index in [9.17, 15) is 19.2 Å². The lowest BCUT2D eigenvalue weighted by molar-refractivity contribution is -0.143. The maximum absolute atomic E-state index is 12.6. The van der Waals surface area contributed by atoms with Gasteiger partial charge in [-0.25, -0.2) is 4.79 Å². The van der Waals surface area contributed by atoms with E-state index in [0.29, 0.717) is 30.2 Å². The summed E-state index contributed by atoms with van der Waals surface area (Å²) in [5.41, 5.74) is 0.605. The van der Waals surface area contributed by atoms with Crippen molar-refractivity contribution in [2.45, 2.75) is 12.8 Å². The number of amides is 3. The number of nitrogens with zero attached hydrogens (tertiary/aromatic N) is 2. The second kappa shape index (κ2) is 9.66. The summed E-state index contributed by atoms with van der Waals surface area (Å²) in [7, 11) is 2.71. The lowest BCUT2D eigenvalue weighted by Gasteiger charge is -2.18. The number of esters is 1. The van der Waals surface area contributed by atoms with Gasteiger partial charge in [-0.15, -0.1) is 0 Å². The van der Waals surface area contributed by atoms with Crippen LogP contribution in [0.25, 0.3) is 6.08 Å². The van der Waals surface area contributed by atoms with Crippen molar-refractivity contribution in [3.05, 3.63) is 28.7 Å². The SMILES string of the molecule is COC(=O)COc1ccc(/C=C2/SC(=O)N(CC(=O)N3CCCC3)C2=O)cc1OC. The van der Waals surface area contributed by atoms with Crippen LogP contribution in [0.1, 0.15) is 18.4 Å². The smallest absolute Gasteiger partial charge is 0.343 e. The molecule has 0 N–H and O–H groups in total. The summed E-state index contributed by atoms with van der Waals surface area (Å²) in [5.74, 6) is -0.550. The molecule has 0 spiro atoms. The average Bonchev–Trinajstić information content (AvgIpc) is 3.37. The number of hydrogen-bond acceptors (Lipinski definition) is 8. The number of ether oxygens (including phenoxy) is 3. The van der Waals surface area contributed by atoms with Crippen LogP contribution in [0.15, 0.2) is 23.1 Å². The molecule has 1 aromatic rings. The number of carbonyl (C=O) groups is 4. The van der Waals surface area contributed by atoms with Crippen LogP contribution >= 0.6 is 11.8 Å². The Morgan fingerprint density at radius 3 is 2.53 bits per heavy atom. The molecule has 0 unspecified atom stereocenters. The molecule has 0 saturated carbocycles. The highest BCUT2D eigenvalue weighted by atomic mass is 32.2. The molecular formula is C20H22N2O7S. The van der Waals surface area contributed by atoms with Gasteiger partial charge in [-0.1, -0.05) is 6.07 Å². The summed E-state index contributed by atoms with van der Waals surface area (Å²) >= 11 is 0.791. The molecule has 9 nitrogen and oxygen atoms in total. The molecule has 2 heterocycles. The van der Waals surface area contributed by atoms with Gasteiger partial charge < -0.3 is 19.1 Å². The summed E-state index contributed by atoms with van der Waals surface area (Å²) < 4.78 is 15.2. The first-order chi connectivity index (χ1) is 14.4. The minimum absolute atomic E-state index is 0.218. The molecule has 2 aliphatic rings. The van der Waals surface area contributed by atoms with Crippen LogP contribution in [-0.4, -0.2) is 73.3 Å². The van der Waals surface area contributed by atoms with E-state index in [1.165, 1.54) is 14.2 Å². The Kier molecular flexibility index (Phi) is 6.99. The molecule has 30 heavy (non-hydrogen) atoms. The molecule has 160 valence electrons. The molecule has 10 heteroatoms. The van der Waals surface area contributed by atoms with Gasteiger partial charge in [0.05, 0.1) is 19.1 Å². The standard InChI is InChI=1S/C20H22N2O7S/c1-27-15-9-13(5-6-14(15)29-12-18(24)28-2)10-16-19(25)22(20(26)30-16)11-17(23)21-7-3-4-8-21/h5-6,9-10H,3-4,7-8,11-12H2,1-2H3/b16-10+. The molecule has 0 radical (unpaired) electrons. The molecule has 0 aromatic heterocycles. The highest BCUT2D eigenvalue weighted by molar-refractivity contribution is 8.18. The minimum Gasteiger partial charge on any atom is -0.493 e. The molecule has 0 aliphatic carbocycles. The first-order valence-electron chi connectivity index (χ1n) is 9.33. The van der Waals surface area contributed by atoms with E-state index in [1.54, 1.807) is 29.2 Å². The van der Waals surface area contributed by atoms with Crippen LogP contribution in [0.3, 0.4) is 0 Å². The van der Waals surface area contributed by atoms with Gasteiger partial charge in [-0.05, 0) is 48.4 Å². The minimum atomic E-state index is -0.529.